The normalized spacial score (nSPS) is 11.5. The lowest BCUT2D eigenvalue weighted by atomic mass is 9.98. The minimum Gasteiger partial charge on any atom is -0.455 e. The second-order valence-electron chi connectivity index (χ2n) is 14.5. The number of hydrogen-bond donors (Lipinski definition) is 0. The van der Waals surface area contributed by atoms with E-state index in [1.54, 1.807) is 0 Å². The molecule has 0 radical (unpaired) electrons. The van der Waals surface area contributed by atoms with Gasteiger partial charge in [-0.1, -0.05) is 164 Å². The fraction of sp³-hybridized carbons (Fsp3) is 0. The molecule has 0 amide bonds. The van der Waals surface area contributed by atoms with E-state index in [4.69, 9.17) is 4.42 Å². The number of para-hydroxylation sites is 4. The zero-order chi connectivity index (χ0) is 37.7. The lowest BCUT2D eigenvalue weighted by Gasteiger charge is -2.28. The Morgan fingerprint density at radius 3 is 1.61 bits per heavy atom. The van der Waals surface area contributed by atoms with Gasteiger partial charge in [0.1, 0.15) is 11.2 Å². The van der Waals surface area contributed by atoms with Crippen molar-refractivity contribution in [1.29, 1.82) is 0 Å². The van der Waals surface area contributed by atoms with Crippen molar-refractivity contribution in [2.75, 3.05) is 4.90 Å². The Balaban J connectivity index is 1.17. The lowest BCUT2D eigenvalue weighted by Crippen LogP contribution is -2.12. The fourth-order valence-electron chi connectivity index (χ4n) is 8.56. The highest BCUT2D eigenvalue weighted by Gasteiger charge is 2.25. The van der Waals surface area contributed by atoms with E-state index in [-0.39, 0.29) is 0 Å². The largest absolute Gasteiger partial charge is 0.455 e. The average molecular weight is 729 g/mol. The van der Waals surface area contributed by atoms with Crippen molar-refractivity contribution in [2.24, 2.45) is 0 Å². The Hall–Kier alpha value is -7.62. The van der Waals surface area contributed by atoms with Gasteiger partial charge in [0.2, 0.25) is 0 Å². The van der Waals surface area contributed by atoms with Gasteiger partial charge < -0.3 is 13.9 Å². The third-order valence-corrected chi connectivity index (χ3v) is 11.2. The second kappa shape index (κ2) is 13.6. The van der Waals surface area contributed by atoms with Crippen LogP contribution in [-0.2, 0) is 0 Å². The summed E-state index contributed by atoms with van der Waals surface area (Å²) in [6.07, 6.45) is 0. The first-order valence-electron chi connectivity index (χ1n) is 19.4. The van der Waals surface area contributed by atoms with Crippen molar-refractivity contribution in [3.8, 4) is 39.1 Å². The summed E-state index contributed by atoms with van der Waals surface area (Å²) in [6, 6.07) is 78.0. The standard InChI is InChI=1S/C54H36N2O/c1-4-15-37(16-5-1)38-27-29-39(30-28-38)40-31-33-43(34-32-40)55(49-36-35-44(41-17-6-2-7-18-41)54-52(49)47-22-11-13-26-51(47)57-54)50-25-14-23-46-45-21-10-12-24-48(45)56(53(46)50)42-19-8-3-9-20-42/h1-36H. The quantitative estimate of drug-likeness (QED) is 0.163. The Labute approximate surface area is 330 Å². The molecule has 0 saturated carbocycles. The summed E-state index contributed by atoms with van der Waals surface area (Å²) in [5.74, 6) is 0. The van der Waals surface area contributed by atoms with Gasteiger partial charge >= 0.3 is 0 Å². The molecule has 0 unspecified atom stereocenters. The van der Waals surface area contributed by atoms with Crippen molar-refractivity contribution < 1.29 is 4.42 Å². The van der Waals surface area contributed by atoms with Crippen LogP contribution in [0.4, 0.5) is 17.1 Å². The zero-order valence-electron chi connectivity index (χ0n) is 31.1. The van der Waals surface area contributed by atoms with Crippen LogP contribution in [0.3, 0.4) is 0 Å². The number of benzene rings is 9. The second-order valence-corrected chi connectivity index (χ2v) is 14.5. The molecule has 0 aliphatic rings. The monoisotopic (exact) mass is 728 g/mol. The number of furan rings is 1. The smallest absolute Gasteiger partial charge is 0.145 e. The Morgan fingerprint density at radius 1 is 0.368 bits per heavy atom. The van der Waals surface area contributed by atoms with Crippen molar-refractivity contribution in [1.82, 2.24) is 4.57 Å². The third kappa shape index (κ3) is 5.51. The van der Waals surface area contributed by atoms with E-state index in [0.717, 1.165) is 66.9 Å². The molecule has 3 heteroatoms. The van der Waals surface area contributed by atoms with Crippen molar-refractivity contribution in [2.45, 2.75) is 0 Å². The van der Waals surface area contributed by atoms with E-state index in [1.807, 2.05) is 0 Å². The van der Waals surface area contributed by atoms with Crippen LogP contribution in [-0.4, -0.2) is 4.57 Å². The van der Waals surface area contributed by atoms with Gasteiger partial charge in [0, 0.05) is 33.1 Å². The topological polar surface area (TPSA) is 21.3 Å². The van der Waals surface area contributed by atoms with E-state index in [0.29, 0.717) is 0 Å². The first-order chi connectivity index (χ1) is 28.3. The highest BCUT2D eigenvalue weighted by Crippen LogP contribution is 2.49. The molecule has 3 nitrogen and oxygen atoms in total. The summed E-state index contributed by atoms with van der Waals surface area (Å²) in [6.45, 7) is 0. The van der Waals surface area contributed by atoms with Crippen LogP contribution >= 0.6 is 0 Å². The Morgan fingerprint density at radius 2 is 0.912 bits per heavy atom. The number of aromatic nitrogens is 1. The van der Waals surface area contributed by atoms with Gasteiger partial charge in [0.15, 0.2) is 0 Å². The van der Waals surface area contributed by atoms with Gasteiger partial charge in [-0.3, -0.25) is 0 Å². The lowest BCUT2D eigenvalue weighted by molar-refractivity contribution is 0.670. The predicted molar refractivity (Wildman–Crippen MR) is 239 cm³/mol. The maximum absolute atomic E-state index is 6.82. The number of nitrogens with zero attached hydrogens (tertiary/aromatic N) is 2. The van der Waals surface area contributed by atoms with Gasteiger partial charge in [0.05, 0.1) is 27.8 Å². The highest BCUT2D eigenvalue weighted by molar-refractivity contribution is 6.19. The molecule has 0 saturated heterocycles. The molecule has 2 aromatic heterocycles. The molecule has 0 spiro atoms. The highest BCUT2D eigenvalue weighted by atomic mass is 16.3. The maximum atomic E-state index is 6.82. The first-order valence-corrected chi connectivity index (χ1v) is 19.4. The molecule has 0 aliphatic heterocycles. The van der Waals surface area contributed by atoms with Crippen LogP contribution in [0.25, 0.3) is 82.8 Å². The Bertz CT molecular complexity index is 3200. The molecule has 11 aromatic rings. The van der Waals surface area contributed by atoms with E-state index in [2.05, 4.69) is 228 Å². The van der Waals surface area contributed by atoms with Gasteiger partial charge in [-0.2, -0.15) is 0 Å². The van der Waals surface area contributed by atoms with E-state index in [1.165, 1.54) is 33.0 Å². The minimum absolute atomic E-state index is 0.864. The molecule has 268 valence electrons. The average Bonchev–Trinajstić information content (AvgIpc) is 3.85. The van der Waals surface area contributed by atoms with Crippen LogP contribution in [0, 0.1) is 0 Å². The van der Waals surface area contributed by atoms with Gasteiger partial charge in [-0.05, 0) is 82.4 Å². The zero-order valence-corrected chi connectivity index (χ0v) is 31.1. The summed E-state index contributed by atoms with van der Waals surface area (Å²) in [7, 11) is 0. The van der Waals surface area contributed by atoms with Crippen molar-refractivity contribution in [3.63, 3.8) is 0 Å². The van der Waals surface area contributed by atoms with Gasteiger partial charge in [-0.15, -0.1) is 0 Å². The molecule has 0 aliphatic carbocycles. The fourth-order valence-corrected chi connectivity index (χ4v) is 8.56. The summed E-state index contributed by atoms with van der Waals surface area (Å²) in [5.41, 5.74) is 15.3. The summed E-state index contributed by atoms with van der Waals surface area (Å²) < 4.78 is 9.23. The van der Waals surface area contributed by atoms with E-state index >= 15 is 0 Å². The number of anilines is 3. The molecule has 9 aromatic carbocycles. The van der Waals surface area contributed by atoms with Crippen LogP contribution in [0.5, 0.6) is 0 Å². The van der Waals surface area contributed by atoms with E-state index in [9.17, 15) is 0 Å². The molecule has 0 atom stereocenters. The van der Waals surface area contributed by atoms with Crippen LogP contribution in [0.1, 0.15) is 0 Å². The Kier molecular flexibility index (Phi) is 7.82. The van der Waals surface area contributed by atoms with Crippen LogP contribution in [0.2, 0.25) is 0 Å². The van der Waals surface area contributed by atoms with Gasteiger partial charge in [0.25, 0.3) is 0 Å². The van der Waals surface area contributed by atoms with Gasteiger partial charge in [-0.25, -0.2) is 0 Å². The molecule has 2 heterocycles. The molecule has 0 fully saturated rings. The summed E-state index contributed by atoms with van der Waals surface area (Å²) >= 11 is 0. The molecular weight excluding hydrogens is 693 g/mol. The first kappa shape index (κ1) is 32.8. The number of hydrogen-bond acceptors (Lipinski definition) is 2. The van der Waals surface area contributed by atoms with Crippen LogP contribution in [0.15, 0.2) is 223 Å². The summed E-state index contributed by atoms with van der Waals surface area (Å²) in [5, 5.41) is 4.56. The molecule has 57 heavy (non-hydrogen) atoms. The van der Waals surface area contributed by atoms with Crippen LogP contribution < -0.4 is 4.90 Å². The summed E-state index contributed by atoms with van der Waals surface area (Å²) in [4.78, 5) is 2.43. The number of rotatable bonds is 7. The molecular formula is C54H36N2O. The predicted octanol–water partition coefficient (Wildman–Crippen LogP) is 15.2. The SMILES string of the molecule is c1ccc(-c2ccc(-c3ccc(N(c4ccc(-c5ccccc5)c5oc6ccccc6c45)c4cccc5c6ccccc6n(-c6ccccc6)c45)cc3)cc2)cc1. The van der Waals surface area contributed by atoms with E-state index < -0.39 is 0 Å². The minimum atomic E-state index is 0.864. The third-order valence-electron chi connectivity index (χ3n) is 11.2. The maximum Gasteiger partial charge on any atom is 0.145 e. The number of fused-ring (bicyclic) bond motifs is 6. The molecule has 0 N–H and O–H groups in total. The molecule has 11 rings (SSSR count). The molecule has 0 bridgehead atoms. The van der Waals surface area contributed by atoms with Crippen molar-refractivity contribution in [3.05, 3.63) is 218 Å². The van der Waals surface area contributed by atoms with Crippen molar-refractivity contribution >= 4 is 60.8 Å².